The van der Waals surface area contributed by atoms with Crippen molar-refractivity contribution in [1.29, 1.82) is 0 Å². The molecule has 0 aromatic carbocycles. The Bertz CT molecular complexity index is 1120. The van der Waals surface area contributed by atoms with E-state index in [9.17, 15) is 50.8 Å². The van der Waals surface area contributed by atoms with Gasteiger partial charge in [-0.3, -0.25) is 4.79 Å². The van der Waals surface area contributed by atoms with Gasteiger partial charge in [0.15, 0.2) is 6.29 Å². The first kappa shape index (κ1) is 34.8. The van der Waals surface area contributed by atoms with E-state index in [2.05, 4.69) is 6.92 Å². The number of hydrogen-bond acceptors (Lipinski definition) is 14. The Hall–Kier alpha value is -1.01. The van der Waals surface area contributed by atoms with Gasteiger partial charge in [0, 0.05) is 0 Å². The zero-order valence-electron chi connectivity index (χ0n) is 26.6. The van der Waals surface area contributed by atoms with E-state index in [0.717, 1.165) is 38.5 Å². The van der Waals surface area contributed by atoms with E-state index in [0.29, 0.717) is 19.3 Å². The largest absolute Gasteiger partial charge is 0.432 e. The van der Waals surface area contributed by atoms with Crippen molar-refractivity contribution in [2.45, 2.75) is 139 Å². The van der Waals surface area contributed by atoms with Crippen LogP contribution < -0.4 is 0 Å². The van der Waals surface area contributed by atoms with Gasteiger partial charge in [-0.2, -0.15) is 0 Å². The van der Waals surface area contributed by atoms with Gasteiger partial charge >= 0.3 is 5.97 Å². The van der Waals surface area contributed by atoms with E-state index in [1.165, 1.54) is 0 Å². The molecular formula is C32H52O14. The summed E-state index contributed by atoms with van der Waals surface area (Å²) in [7, 11) is 0. The molecule has 4 aliphatic carbocycles. The van der Waals surface area contributed by atoms with Gasteiger partial charge in [-0.1, -0.05) is 13.3 Å². The van der Waals surface area contributed by atoms with Gasteiger partial charge in [0.1, 0.15) is 48.8 Å². The Morgan fingerprint density at radius 3 is 1.96 bits per heavy atom. The molecule has 264 valence electrons. The summed E-state index contributed by atoms with van der Waals surface area (Å²) in [6, 6.07) is 0. The van der Waals surface area contributed by atoms with E-state index >= 15 is 0 Å². The number of aliphatic hydroxyl groups excluding tert-OH is 9. The maximum Gasteiger partial charge on any atom is 0.314 e. The fourth-order valence-electron chi connectivity index (χ4n) is 11.0. The third-order valence-electron chi connectivity index (χ3n) is 13.3. The van der Waals surface area contributed by atoms with Crippen LogP contribution >= 0.6 is 0 Å². The Labute approximate surface area is 268 Å². The smallest absolute Gasteiger partial charge is 0.314 e. The highest BCUT2D eigenvalue weighted by molar-refractivity contribution is 5.77. The van der Waals surface area contributed by atoms with Crippen LogP contribution in [-0.2, 0) is 23.7 Å². The lowest BCUT2D eigenvalue weighted by atomic mass is 9.41. The van der Waals surface area contributed by atoms with E-state index in [-0.39, 0.29) is 35.2 Å². The van der Waals surface area contributed by atoms with Gasteiger partial charge in [0.25, 0.3) is 0 Å². The Morgan fingerprint density at radius 2 is 1.35 bits per heavy atom. The third-order valence-corrected chi connectivity index (χ3v) is 13.3. The summed E-state index contributed by atoms with van der Waals surface area (Å²) in [6.45, 7) is 2.59. The highest BCUT2D eigenvalue weighted by atomic mass is 16.7. The summed E-state index contributed by atoms with van der Waals surface area (Å²) in [5.74, 6) is -0.498. The number of fused-ring (bicyclic) bond motifs is 3. The van der Waals surface area contributed by atoms with Crippen LogP contribution in [0.4, 0.5) is 0 Å². The van der Waals surface area contributed by atoms with E-state index in [4.69, 9.17) is 18.9 Å². The molecule has 14 heteroatoms. The van der Waals surface area contributed by atoms with Gasteiger partial charge in [0.05, 0.1) is 30.8 Å². The maximum atomic E-state index is 14.0. The monoisotopic (exact) mass is 660 g/mol. The SMILES string of the molecule is C[C@@]12CCC[C@@](C)(C(=O)O[C@@H]3O[C@H](CO)[C@H](O)[C@H](O)[C@@H]3O)[C@H]1CC[C@@]13C[C@@H](CC[C@H]12)[C@](CO)(O[C@@H]1O[C@H](CO)[C@H](O)[C@H](O)[C@H]1O)C3. The van der Waals surface area contributed by atoms with Crippen LogP contribution in [0.1, 0.15) is 71.6 Å². The highest BCUT2D eigenvalue weighted by Crippen LogP contribution is 2.73. The second kappa shape index (κ2) is 12.4. The van der Waals surface area contributed by atoms with Gasteiger partial charge in [-0.05, 0) is 86.9 Å². The molecule has 6 rings (SSSR count). The van der Waals surface area contributed by atoms with E-state index in [1.54, 1.807) is 0 Å². The second-order valence-corrected chi connectivity index (χ2v) is 15.6. The average Bonchev–Trinajstić information content (AvgIpc) is 3.26. The van der Waals surface area contributed by atoms with E-state index < -0.39 is 91.6 Å². The minimum atomic E-state index is -1.68. The van der Waals surface area contributed by atoms with Gasteiger partial charge in [-0.15, -0.1) is 0 Å². The summed E-state index contributed by atoms with van der Waals surface area (Å²) >= 11 is 0. The van der Waals surface area contributed by atoms with Gasteiger partial charge in [-0.25, -0.2) is 0 Å². The van der Waals surface area contributed by atoms with Crippen molar-refractivity contribution in [3.63, 3.8) is 0 Å². The summed E-state index contributed by atoms with van der Waals surface area (Å²) in [5, 5.41) is 92.4. The molecule has 0 aromatic rings. The molecule has 6 fully saturated rings. The van der Waals surface area contributed by atoms with Gasteiger partial charge < -0.3 is 64.9 Å². The lowest BCUT2D eigenvalue weighted by Gasteiger charge is -2.63. The number of carbonyl (C=O) groups excluding carboxylic acids is 1. The molecule has 2 aliphatic heterocycles. The zero-order chi connectivity index (χ0) is 33.4. The number of carbonyl (C=O) groups is 1. The van der Waals surface area contributed by atoms with Crippen LogP contribution in [0.25, 0.3) is 0 Å². The van der Waals surface area contributed by atoms with Crippen molar-refractivity contribution in [3.8, 4) is 0 Å². The van der Waals surface area contributed by atoms with Crippen molar-refractivity contribution < 1.29 is 69.7 Å². The lowest BCUT2D eigenvalue weighted by molar-refractivity contribution is -0.335. The molecule has 14 nitrogen and oxygen atoms in total. The standard InChI is InChI=1S/C32H52O14/c1-29-7-3-8-30(2,28(42)45-26-24(40)22(38)20(36)16(11-33)43-26)18(29)6-9-31-10-15(4-5-19(29)31)32(13-31,14-35)46-27-25(41)23(39)21(37)17(12-34)44-27/h15-27,33-41H,3-14H2,1-2H3/t15-,16-,17-,18+,19+,20+,21+,22+,23+,24+,25-,26+,27+,29-,30-,31+,32+/m1/s1. The van der Waals surface area contributed by atoms with Crippen molar-refractivity contribution >= 4 is 5.97 Å². The number of aliphatic hydroxyl groups is 9. The molecule has 2 saturated heterocycles. The molecule has 4 saturated carbocycles. The van der Waals surface area contributed by atoms with Crippen LogP contribution in [0, 0.1) is 34.0 Å². The molecule has 1 spiro atoms. The molecule has 0 radical (unpaired) electrons. The number of ether oxygens (including phenoxy) is 4. The summed E-state index contributed by atoms with van der Waals surface area (Å²) in [5.41, 5.74) is -2.49. The quantitative estimate of drug-likeness (QED) is 0.138. The summed E-state index contributed by atoms with van der Waals surface area (Å²) < 4.78 is 23.3. The van der Waals surface area contributed by atoms with Crippen LogP contribution in [0.15, 0.2) is 0 Å². The van der Waals surface area contributed by atoms with Crippen molar-refractivity contribution in [1.82, 2.24) is 0 Å². The summed E-state index contributed by atoms with van der Waals surface area (Å²) in [4.78, 5) is 14.0. The van der Waals surface area contributed by atoms with Crippen molar-refractivity contribution in [2.24, 2.45) is 34.0 Å². The number of hydrogen-bond donors (Lipinski definition) is 9. The average molecular weight is 661 g/mol. The number of rotatable bonds is 7. The molecule has 6 aliphatic rings. The fraction of sp³-hybridized carbons (Fsp3) is 0.969. The first-order valence-electron chi connectivity index (χ1n) is 16.8. The van der Waals surface area contributed by atoms with Crippen molar-refractivity contribution in [2.75, 3.05) is 19.8 Å². The maximum absolute atomic E-state index is 14.0. The first-order chi connectivity index (χ1) is 21.7. The minimum absolute atomic E-state index is 0.0487. The predicted molar refractivity (Wildman–Crippen MR) is 155 cm³/mol. The Kier molecular flexibility index (Phi) is 9.39. The summed E-state index contributed by atoms with van der Waals surface area (Å²) in [6.07, 6.45) is -8.26. The molecule has 0 unspecified atom stereocenters. The first-order valence-corrected chi connectivity index (χ1v) is 16.8. The molecule has 0 amide bonds. The molecule has 17 atom stereocenters. The van der Waals surface area contributed by atoms with Crippen LogP contribution in [0.2, 0.25) is 0 Å². The molecule has 9 N–H and O–H groups in total. The molecule has 0 aromatic heterocycles. The fourth-order valence-corrected chi connectivity index (χ4v) is 11.0. The highest BCUT2D eigenvalue weighted by Gasteiger charge is 2.70. The van der Waals surface area contributed by atoms with Crippen LogP contribution in [0.5, 0.6) is 0 Å². The van der Waals surface area contributed by atoms with Gasteiger partial charge in [0.2, 0.25) is 6.29 Å². The zero-order valence-corrected chi connectivity index (χ0v) is 26.6. The van der Waals surface area contributed by atoms with E-state index in [1.807, 2.05) is 6.92 Å². The molecular weight excluding hydrogens is 608 g/mol. The third kappa shape index (κ3) is 5.18. The Balaban J connectivity index is 1.22. The molecule has 46 heavy (non-hydrogen) atoms. The normalized spacial score (nSPS) is 55.3. The predicted octanol–water partition coefficient (Wildman–Crippen LogP) is -1.71. The molecule has 2 heterocycles. The van der Waals surface area contributed by atoms with Crippen molar-refractivity contribution in [3.05, 3.63) is 0 Å². The van der Waals surface area contributed by atoms with Crippen LogP contribution in [-0.4, -0.2) is 139 Å². The minimum Gasteiger partial charge on any atom is -0.432 e. The topological polar surface area (TPSA) is 236 Å². The molecule has 2 bridgehead atoms. The number of esters is 1. The van der Waals surface area contributed by atoms with Crippen LogP contribution in [0.3, 0.4) is 0 Å². The second-order valence-electron chi connectivity index (χ2n) is 15.6. The Morgan fingerprint density at radius 1 is 0.739 bits per heavy atom. The lowest BCUT2D eigenvalue weighted by Crippen LogP contribution is -2.62.